The highest BCUT2D eigenvalue weighted by atomic mass is 79.9. The molecule has 0 saturated carbocycles. The Kier molecular flexibility index (Phi) is 7.38. The fourth-order valence-corrected chi connectivity index (χ4v) is 3.54. The maximum Gasteiger partial charge on any atom is 0.407 e. The second-order valence-corrected chi connectivity index (χ2v) is 9.71. The van der Waals surface area contributed by atoms with Gasteiger partial charge in [0.05, 0.1) is 0 Å². The third-order valence-electron chi connectivity index (χ3n) is 3.64. The van der Waals surface area contributed by atoms with Gasteiger partial charge in [0.2, 0.25) is 0 Å². The first-order valence-electron chi connectivity index (χ1n) is 7.58. The minimum absolute atomic E-state index is 0.250. The van der Waals surface area contributed by atoms with Crippen molar-refractivity contribution in [1.82, 2.24) is 10.6 Å². The van der Waals surface area contributed by atoms with Crippen LogP contribution in [0.2, 0.25) is 4.34 Å². The molecule has 132 valence electrons. The van der Waals surface area contributed by atoms with E-state index in [1.54, 1.807) is 11.3 Å². The first-order chi connectivity index (χ1) is 10.4. The van der Waals surface area contributed by atoms with E-state index in [1.165, 1.54) is 0 Å². The molecule has 7 heteroatoms. The van der Waals surface area contributed by atoms with Crippen molar-refractivity contribution < 1.29 is 9.53 Å². The molecule has 0 aliphatic carbocycles. The van der Waals surface area contributed by atoms with Crippen LogP contribution in [0.1, 0.15) is 46.4 Å². The molecule has 2 N–H and O–H groups in total. The van der Waals surface area contributed by atoms with Crippen LogP contribution < -0.4 is 10.6 Å². The summed E-state index contributed by atoms with van der Waals surface area (Å²) >= 11 is 11.0. The van der Waals surface area contributed by atoms with Crippen LogP contribution in [0.25, 0.3) is 0 Å². The molecule has 0 aromatic carbocycles. The molecule has 0 radical (unpaired) electrons. The first kappa shape index (κ1) is 20.7. The van der Waals surface area contributed by atoms with Gasteiger partial charge >= 0.3 is 6.09 Å². The monoisotopic (exact) mass is 424 g/mol. The SMILES string of the molecule is CC(C)C(C)(CNC(=O)OC(C)(C)C)NCc1cc(Br)c(Cl)s1. The molecule has 4 nitrogen and oxygen atoms in total. The molecule has 0 saturated heterocycles. The Balaban J connectivity index is 2.62. The van der Waals surface area contributed by atoms with Crippen molar-refractivity contribution in [1.29, 1.82) is 0 Å². The molecule has 0 aliphatic rings. The van der Waals surface area contributed by atoms with Crippen molar-refractivity contribution in [2.75, 3.05) is 6.54 Å². The van der Waals surface area contributed by atoms with Gasteiger partial charge < -0.3 is 15.4 Å². The Bertz CT molecular complexity index is 523. The van der Waals surface area contributed by atoms with E-state index in [0.29, 0.717) is 19.0 Å². The van der Waals surface area contributed by atoms with Gasteiger partial charge in [-0.1, -0.05) is 25.4 Å². The molecular formula is C16H26BrClN2O2S. The normalized spacial score (nSPS) is 14.7. The average molecular weight is 426 g/mol. The number of amides is 1. The topological polar surface area (TPSA) is 50.4 Å². The molecule has 1 aromatic rings. The fraction of sp³-hybridized carbons (Fsp3) is 0.688. The molecular weight excluding hydrogens is 400 g/mol. The highest BCUT2D eigenvalue weighted by Crippen LogP contribution is 2.32. The molecule has 1 heterocycles. The summed E-state index contributed by atoms with van der Waals surface area (Å²) in [5, 5.41) is 6.39. The van der Waals surface area contributed by atoms with E-state index in [-0.39, 0.29) is 5.54 Å². The maximum atomic E-state index is 11.9. The zero-order valence-electron chi connectivity index (χ0n) is 14.5. The third-order valence-corrected chi connectivity index (χ3v) is 6.11. The van der Waals surface area contributed by atoms with E-state index >= 15 is 0 Å². The zero-order chi connectivity index (χ0) is 17.8. The summed E-state index contributed by atoms with van der Waals surface area (Å²) in [6.07, 6.45) is -0.395. The number of carbonyl (C=O) groups excluding carboxylic acids is 1. The Morgan fingerprint density at radius 3 is 2.43 bits per heavy atom. The van der Waals surface area contributed by atoms with Crippen LogP contribution in [0.15, 0.2) is 10.5 Å². The molecule has 1 amide bonds. The number of carbonyl (C=O) groups is 1. The van der Waals surface area contributed by atoms with Gasteiger partial charge in [0, 0.05) is 28.0 Å². The summed E-state index contributed by atoms with van der Waals surface area (Å²) < 4.78 is 6.96. The molecule has 23 heavy (non-hydrogen) atoms. The zero-order valence-corrected chi connectivity index (χ0v) is 17.7. The lowest BCUT2D eigenvalue weighted by Gasteiger charge is -2.35. The maximum absolute atomic E-state index is 11.9. The van der Waals surface area contributed by atoms with Gasteiger partial charge in [0.25, 0.3) is 0 Å². The number of hydrogen-bond donors (Lipinski definition) is 2. The lowest BCUT2D eigenvalue weighted by molar-refractivity contribution is 0.0503. The summed E-state index contributed by atoms with van der Waals surface area (Å²) in [4.78, 5) is 13.0. The van der Waals surface area contributed by atoms with Crippen LogP contribution in [-0.2, 0) is 11.3 Å². The fourth-order valence-electron chi connectivity index (χ4n) is 1.81. The van der Waals surface area contributed by atoms with Gasteiger partial charge in [-0.05, 0) is 55.6 Å². The van der Waals surface area contributed by atoms with E-state index in [4.69, 9.17) is 16.3 Å². The minimum atomic E-state index is -0.494. The van der Waals surface area contributed by atoms with Crippen molar-refractivity contribution in [3.8, 4) is 0 Å². The van der Waals surface area contributed by atoms with E-state index < -0.39 is 11.7 Å². The number of nitrogens with one attached hydrogen (secondary N) is 2. The van der Waals surface area contributed by atoms with E-state index in [1.807, 2.05) is 26.8 Å². The lowest BCUT2D eigenvalue weighted by atomic mass is 9.88. The summed E-state index contributed by atoms with van der Waals surface area (Å²) in [6.45, 7) is 13.1. The van der Waals surface area contributed by atoms with Gasteiger partial charge in [-0.15, -0.1) is 11.3 Å². The van der Waals surface area contributed by atoms with Crippen molar-refractivity contribution in [2.45, 2.75) is 59.2 Å². The van der Waals surface area contributed by atoms with Crippen molar-refractivity contribution in [2.24, 2.45) is 5.92 Å². The van der Waals surface area contributed by atoms with Crippen LogP contribution in [-0.4, -0.2) is 23.8 Å². The highest BCUT2D eigenvalue weighted by Gasteiger charge is 2.29. The third kappa shape index (κ3) is 6.99. The van der Waals surface area contributed by atoms with Gasteiger partial charge in [0.1, 0.15) is 9.94 Å². The predicted molar refractivity (Wildman–Crippen MR) is 101 cm³/mol. The number of alkyl carbamates (subject to hydrolysis) is 1. The molecule has 1 unspecified atom stereocenters. The standard InChI is InChI=1S/C16H26BrClN2O2S/c1-10(2)16(6,9-19-14(21)22-15(3,4)5)20-8-11-7-12(17)13(18)23-11/h7,10,20H,8-9H2,1-6H3,(H,19,21). The highest BCUT2D eigenvalue weighted by molar-refractivity contribution is 9.10. The second-order valence-electron chi connectivity index (χ2n) is 7.12. The van der Waals surface area contributed by atoms with E-state index in [9.17, 15) is 4.79 Å². The largest absolute Gasteiger partial charge is 0.444 e. The summed E-state index contributed by atoms with van der Waals surface area (Å²) in [6, 6.07) is 2.02. The number of halogens is 2. The molecule has 1 aromatic heterocycles. The van der Waals surface area contributed by atoms with Gasteiger partial charge in [-0.25, -0.2) is 4.79 Å². The summed E-state index contributed by atoms with van der Waals surface area (Å²) in [5.41, 5.74) is -0.744. The van der Waals surface area contributed by atoms with Crippen molar-refractivity contribution in [3.05, 3.63) is 19.8 Å². The lowest BCUT2D eigenvalue weighted by Crippen LogP contribution is -2.54. The minimum Gasteiger partial charge on any atom is -0.444 e. The molecule has 0 aliphatic heterocycles. The summed E-state index contributed by atoms with van der Waals surface area (Å²) in [7, 11) is 0. The Hall–Kier alpha value is -0.300. The van der Waals surface area contributed by atoms with Crippen LogP contribution in [0.5, 0.6) is 0 Å². The molecule has 0 bridgehead atoms. The summed E-state index contributed by atoms with van der Waals surface area (Å²) in [5.74, 6) is 0.330. The Morgan fingerprint density at radius 1 is 1.39 bits per heavy atom. The number of hydrogen-bond acceptors (Lipinski definition) is 4. The van der Waals surface area contributed by atoms with Gasteiger partial charge in [0.15, 0.2) is 0 Å². The molecule has 0 fully saturated rings. The second kappa shape index (κ2) is 8.19. The van der Waals surface area contributed by atoms with E-state index in [2.05, 4.69) is 47.3 Å². The number of thiophene rings is 1. The van der Waals surface area contributed by atoms with Crippen LogP contribution in [0, 0.1) is 5.92 Å². The van der Waals surface area contributed by atoms with Crippen LogP contribution >= 0.6 is 38.9 Å². The van der Waals surface area contributed by atoms with Crippen LogP contribution in [0.3, 0.4) is 0 Å². The molecule has 1 atom stereocenters. The van der Waals surface area contributed by atoms with E-state index in [0.717, 1.165) is 13.7 Å². The van der Waals surface area contributed by atoms with Crippen LogP contribution in [0.4, 0.5) is 4.79 Å². The molecule has 0 spiro atoms. The quantitative estimate of drug-likeness (QED) is 0.659. The van der Waals surface area contributed by atoms with Crippen molar-refractivity contribution in [3.63, 3.8) is 0 Å². The number of ether oxygens (including phenoxy) is 1. The Labute approximate surface area is 156 Å². The smallest absolute Gasteiger partial charge is 0.407 e. The Morgan fingerprint density at radius 2 is 2.00 bits per heavy atom. The first-order valence-corrected chi connectivity index (χ1v) is 9.57. The number of rotatable bonds is 6. The van der Waals surface area contributed by atoms with Gasteiger partial charge in [-0.3, -0.25) is 0 Å². The predicted octanol–water partition coefficient (Wildman–Crippen LogP) is 5.19. The van der Waals surface area contributed by atoms with Gasteiger partial charge in [-0.2, -0.15) is 0 Å². The average Bonchev–Trinajstić information content (AvgIpc) is 2.71. The van der Waals surface area contributed by atoms with Crippen molar-refractivity contribution >= 4 is 45.0 Å². The molecule has 1 rings (SSSR count).